The number of aromatic nitrogens is 1. The van der Waals surface area contributed by atoms with Crippen molar-refractivity contribution in [1.82, 2.24) is 4.98 Å². The first-order chi connectivity index (χ1) is 9.88. The van der Waals surface area contributed by atoms with E-state index in [0.29, 0.717) is 5.56 Å². The summed E-state index contributed by atoms with van der Waals surface area (Å²) in [5.74, 6) is 0. The normalized spacial score (nSPS) is 9.95. The summed E-state index contributed by atoms with van der Waals surface area (Å²) in [4.78, 5) is 4.32. The number of nitriles is 1. The van der Waals surface area contributed by atoms with E-state index in [-0.39, 0.29) is 0 Å². The van der Waals surface area contributed by atoms with E-state index in [4.69, 9.17) is 0 Å². The number of rotatable bonds is 2. The Morgan fingerprint density at radius 1 is 0.800 bits per heavy atom. The lowest BCUT2D eigenvalue weighted by Crippen LogP contribution is -1.88. The van der Waals surface area contributed by atoms with Crippen LogP contribution in [0.25, 0.3) is 22.4 Å². The highest BCUT2D eigenvalue weighted by Gasteiger charge is 2.07. The molecule has 0 saturated carbocycles. The van der Waals surface area contributed by atoms with Gasteiger partial charge in [-0.3, -0.25) is 4.98 Å². The van der Waals surface area contributed by atoms with E-state index in [9.17, 15) is 5.26 Å². The van der Waals surface area contributed by atoms with E-state index in [1.54, 1.807) is 6.20 Å². The van der Waals surface area contributed by atoms with Gasteiger partial charge >= 0.3 is 0 Å². The molecule has 2 aromatic carbocycles. The monoisotopic (exact) mass is 256 g/mol. The second kappa shape index (κ2) is 5.38. The second-order valence-electron chi connectivity index (χ2n) is 4.45. The van der Waals surface area contributed by atoms with Crippen molar-refractivity contribution in [1.29, 1.82) is 5.26 Å². The summed E-state index contributed by atoms with van der Waals surface area (Å²) in [5, 5.41) is 9.38. The third-order valence-corrected chi connectivity index (χ3v) is 3.19. The molecule has 94 valence electrons. The van der Waals surface area contributed by atoms with Crippen LogP contribution < -0.4 is 0 Å². The zero-order valence-electron chi connectivity index (χ0n) is 10.8. The molecule has 2 heteroatoms. The molecule has 0 aliphatic carbocycles. The molecule has 0 spiro atoms. The van der Waals surface area contributed by atoms with Gasteiger partial charge in [-0.1, -0.05) is 48.5 Å². The Hall–Kier alpha value is -2.92. The van der Waals surface area contributed by atoms with Gasteiger partial charge in [-0.25, -0.2) is 0 Å². The molecule has 0 saturated heterocycles. The van der Waals surface area contributed by atoms with Gasteiger partial charge in [-0.15, -0.1) is 0 Å². The summed E-state index contributed by atoms with van der Waals surface area (Å²) >= 11 is 0. The van der Waals surface area contributed by atoms with Crippen LogP contribution in [0.1, 0.15) is 5.56 Å². The average molecular weight is 256 g/mol. The lowest BCUT2D eigenvalue weighted by Gasteiger charge is -2.07. The quantitative estimate of drug-likeness (QED) is 0.686. The smallest absolute Gasteiger partial charge is 0.0998 e. The first kappa shape index (κ1) is 12.1. The molecule has 3 rings (SSSR count). The van der Waals surface area contributed by atoms with Gasteiger partial charge in [0, 0.05) is 11.8 Å². The summed E-state index contributed by atoms with van der Waals surface area (Å²) in [6.45, 7) is 0. The molecule has 0 radical (unpaired) electrons. The lowest BCUT2D eigenvalue weighted by molar-refractivity contribution is 1.32. The minimum Gasteiger partial charge on any atom is -0.256 e. The Morgan fingerprint density at radius 3 is 2.30 bits per heavy atom. The van der Waals surface area contributed by atoms with E-state index in [2.05, 4.69) is 11.1 Å². The molecular formula is C18H12N2. The van der Waals surface area contributed by atoms with Crippen LogP contribution in [-0.4, -0.2) is 4.98 Å². The third kappa shape index (κ3) is 2.30. The minimum absolute atomic E-state index is 0.666. The van der Waals surface area contributed by atoms with Gasteiger partial charge in [0.25, 0.3) is 0 Å². The predicted octanol–water partition coefficient (Wildman–Crippen LogP) is 4.29. The second-order valence-corrected chi connectivity index (χ2v) is 4.45. The SMILES string of the molecule is N#Cc1cc(-c2ccccn2)ccc1-c1ccccc1. The topological polar surface area (TPSA) is 36.7 Å². The minimum atomic E-state index is 0.666. The standard InChI is InChI=1S/C18H12N2/c19-13-16-12-15(18-8-4-5-11-20-18)9-10-17(16)14-6-2-1-3-7-14/h1-12H. The van der Waals surface area contributed by atoms with Gasteiger partial charge in [-0.05, 0) is 29.3 Å². The highest BCUT2D eigenvalue weighted by molar-refractivity contribution is 5.75. The molecule has 0 amide bonds. The van der Waals surface area contributed by atoms with Crippen molar-refractivity contribution in [2.75, 3.05) is 0 Å². The van der Waals surface area contributed by atoms with Crippen molar-refractivity contribution >= 4 is 0 Å². The fourth-order valence-electron chi connectivity index (χ4n) is 2.20. The van der Waals surface area contributed by atoms with E-state index in [0.717, 1.165) is 22.4 Å². The fraction of sp³-hybridized carbons (Fsp3) is 0. The fourth-order valence-corrected chi connectivity index (χ4v) is 2.20. The Bertz CT molecular complexity index is 756. The summed E-state index contributed by atoms with van der Waals surface area (Å²) in [6, 6.07) is 23.9. The Balaban J connectivity index is 2.11. The number of nitrogens with zero attached hydrogens (tertiary/aromatic N) is 2. The Labute approximate surface area is 118 Å². The third-order valence-electron chi connectivity index (χ3n) is 3.19. The van der Waals surface area contributed by atoms with Gasteiger partial charge in [0.05, 0.1) is 17.3 Å². The summed E-state index contributed by atoms with van der Waals surface area (Å²) in [6.07, 6.45) is 1.76. The van der Waals surface area contributed by atoms with Crippen LogP contribution in [0.2, 0.25) is 0 Å². The predicted molar refractivity (Wildman–Crippen MR) is 79.8 cm³/mol. The zero-order chi connectivity index (χ0) is 13.8. The van der Waals surface area contributed by atoms with Crippen molar-refractivity contribution in [2.24, 2.45) is 0 Å². The van der Waals surface area contributed by atoms with Crippen LogP contribution in [0.4, 0.5) is 0 Å². The summed E-state index contributed by atoms with van der Waals surface area (Å²) in [5.41, 5.74) is 4.51. The van der Waals surface area contributed by atoms with Crippen molar-refractivity contribution in [2.45, 2.75) is 0 Å². The molecule has 0 fully saturated rings. The molecular weight excluding hydrogens is 244 g/mol. The molecule has 2 nitrogen and oxygen atoms in total. The number of hydrogen-bond acceptors (Lipinski definition) is 2. The molecule has 0 atom stereocenters. The van der Waals surface area contributed by atoms with Crippen molar-refractivity contribution in [3.63, 3.8) is 0 Å². The van der Waals surface area contributed by atoms with Gasteiger partial charge in [0.1, 0.15) is 0 Å². The molecule has 0 unspecified atom stereocenters. The molecule has 20 heavy (non-hydrogen) atoms. The first-order valence-electron chi connectivity index (χ1n) is 6.39. The van der Waals surface area contributed by atoms with E-state index >= 15 is 0 Å². The maximum atomic E-state index is 9.38. The molecule has 3 aromatic rings. The zero-order valence-corrected chi connectivity index (χ0v) is 10.8. The average Bonchev–Trinajstić information content (AvgIpc) is 2.56. The van der Waals surface area contributed by atoms with Crippen molar-refractivity contribution in [3.8, 4) is 28.5 Å². The van der Waals surface area contributed by atoms with E-state index in [1.165, 1.54) is 0 Å². The van der Waals surface area contributed by atoms with Gasteiger partial charge in [0.2, 0.25) is 0 Å². The van der Waals surface area contributed by atoms with E-state index < -0.39 is 0 Å². The largest absolute Gasteiger partial charge is 0.256 e. The molecule has 1 heterocycles. The summed E-state index contributed by atoms with van der Waals surface area (Å²) in [7, 11) is 0. The molecule has 0 N–H and O–H groups in total. The number of pyridine rings is 1. The molecule has 0 aliphatic rings. The molecule has 1 aromatic heterocycles. The van der Waals surface area contributed by atoms with Gasteiger partial charge < -0.3 is 0 Å². The molecule has 0 bridgehead atoms. The highest BCUT2D eigenvalue weighted by Crippen LogP contribution is 2.27. The highest BCUT2D eigenvalue weighted by atomic mass is 14.7. The van der Waals surface area contributed by atoms with Gasteiger partial charge in [-0.2, -0.15) is 5.26 Å². The van der Waals surface area contributed by atoms with Crippen molar-refractivity contribution < 1.29 is 0 Å². The summed E-state index contributed by atoms with van der Waals surface area (Å²) < 4.78 is 0. The number of hydrogen-bond donors (Lipinski definition) is 0. The Kier molecular flexibility index (Phi) is 3.26. The van der Waals surface area contributed by atoms with Crippen LogP contribution in [-0.2, 0) is 0 Å². The van der Waals surface area contributed by atoms with Crippen LogP contribution in [0.3, 0.4) is 0 Å². The van der Waals surface area contributed by atoms with Crippen LogP contribution in [0.15, 0.2) is 72.9 Å². The molecule has 0 aliphatic heterocycles. The maximum Gasteiger partial charge on any atom is 0.0998 e. The van der Waals surface area contributed by atoms with Crippen molar-refractivity contribution in [3.05, 3.63) is 78.5 Å². The van der Waals surface area contributed by atoms with Crippen LogP contribution in [0, 0.1) is 11.3 Å². The van der Waals surface area contributed by atoms with Gasteiger partial charge in [0.15, 0.2) is 0 Å². The maximum absolute atomic E-state index is 9.38. The van der Waals surface area contributed by atoms with Crippen LogP contribution in [0.5, 0.6) is 0 Å². The van der Waals surface area contributed by atoms with E-state index in [1.807, 2.05) is 66.7 Å². The first-order valence-corrected chi connectivity index (χ1v) is 6.39. The number of benzene rings is 2. The lowest BCUT2D eigenvalue weighted by atomic mass is 9.97. The Morgan fingerprint density at radius 2 is 1.60 bits per heavy atom. The van der Waals surface area contributed by atoms with Crippen LogP contribution >= 0.6 is 0 Å².